The Bertz CT molecular complexity index is 1550. The van der Waals surface area contributed by atoms with Gasteiger partial charge in [-0.25, -0.2) is 19.0 Å². The third-order valence-electron chi connectivity index (χ3n) is 6.62. The second-order valence-electron chi connectivity index (χ2n) is 10.6. The number of hydrogen-bond donors (Lipinski definition) is 1. The summed E-state index contributed by atoms with van der Waals surface area (Å²) >= 11 is 0. The first-order valence-electron chi connectivity index (χ1n) is 13.1. The molecule has 2 heterocycles. The number of rotatable bonds is 5. The fraction of sp³-hybridized carbons (Fsp3) is 0.323. The van der Waals surface area contributed by atoms with Gasteiger partial charge in [0.15, 0.2) is 0 Å². The number of aromatic nitrogens is 1. The standard InChI is InChI=1S/C31H30FN5O4/c1-31(2,3)41-30(39)36-26-7-5-6-14-37(26)28-23(17-34)27(21-12-13-22(16-33)25(32)15-21)24(18-35-28)19-8-10-20(11-9-19)29(38)40-4/h8-13,15,18,26H,5-7,14H2,1-4H3,(H,36,39). The number of nitrogens with one attached hydrogen (secondary N) is 1. The number of carbonyl (C=O) groups is 2. The van der Waals surface area contributed by atoms with E-state index in [1.54, 1.807) is 57.3 Å². The molecule has 1 aliphatic rings. The number of benzene rings is 2. The molecule has 1 amide bonds. The van der Waals surface area contributed by atoms with E-state index in [9.17, 15) is 24.5 Å². The van der Waals surface area contributed by atoms with E-state index in [-0.39, 0.29) is 11.1 Å². The van der Waals surface area contributed by atoms with E-state index in [2.05, 4.69) is 16.4 Å². The average molecular weight is 556 g/mol. The summed E-state index contributed by atoms with van der Waals surface area (Å²) < 4.78 is 25.1. The van der Waals surface area contributed by atoms with E-state index >= 15 is 0 Å². The molecule has 10 heteroatoms. The molecule has 2 aromatic carbocycles. The van der Waals surface area contributed by atoms with Gasteiger partial charge in [-0.1, -0.05) is 18.2 Å². The van der Waals surface area contributed by atoms with Crippen molar-refractivity contribution >= 4 is 17.9 Å². The largest absolute Gasteiger partial charge is 0.465 e. The smallest absolute Gasteiger partial charge is 0.409 e. The monoisotopic (exact) mass is 555 g/mol. The summed E-state index contributed by atoms with van der Waals surface area (Å²) in [5.74, 6) is -0.879. The minimum absolute atomic E-state index is 0.122. The van der Waals surface area contributed by atoms with Gasteiger partial charge in [-0.05, 0) is 75.4 Å². The fourth-order valence-corrected chi connectivity index (χ4v) is 4.79. The van der Waals surface area contributed by atoms with E-state index in [1.807, 2.05) is 11.0 Å². The van der Waals surface area contributed by atoms with Crippen molar-refractivity contribution in [3.05, 3.63) is 71.2 Å². The Labute approximate surface area is 238 Å². The maximum atomic E-state index is 14.8. The van der Waals surface area contributed by atoms with Crippen LogP contribution in [0.2, 0.25) is 0 Å². The highest BCUT2D eigenvalue weighted by Crippen LogP contribution is 2.40. The molecular weight excluding hydrogens is 525 g/mol. The molecule has 0 aliphatic carbocycles. The third-order valence-corrected chi connectivity index (χ3v) is 6.62. The van der Waals surface area contributed by atoms with Crippen LogP contribution in [-0.4, -0.2) is 42.5 Å². The number of amides is 1. The van der Waals surface area contributed by atoms with Gasteiger partial charge in [0.2, 0.25) is 0 Å². The van der Waals surface area contributed by atoms with Gasteiger partial charge in [-0.3, -0.25) is 0 Å². The molecular formula is C31H30FN5O4. The summed E-state index contributed by atoms with van der Waals surface area (Å²) in [5.41, 5.74) is 1.67. The SMILES string of the molecule is COC(=O)c1ccc(-c2cnc(N3CCCCC3NC(=O)OC(C)(C)C)c(C#N)c2-c2ccc(C#N)c(F)c2)cc1. The summed E-state index contributed by atoms with van der Waals surface area (Å²) in [6.45, 7) is 5.86. The van der Waals surface area contributed by atoms with Crippen molar-refractivity contribution in [2.24, 2.45) is 0 Å². The fourth-order valence-electron chi connectivity index (χ4n) is 4.79. The number of hydrogen-bond acceptors (Lipinski definition) is 8. The van der Waals surface area contributed by atoms with Crippen molar-refractivity contribution in [1.29, 1.82) is 10.5 Å². The zero-order valence-electron chi connectivity index (χ0n) is 23.3. The van der Waals surface area contributed by atoms with Crippen molar-refractivity contribution < 1.29 is 23.5 Å². The molecule has 3 aromatic rings. The quantitative estimate of drug-likeness (QED) is 0.384. The summed E-state index contributed by atoms with van der Waals surface area (Å²) in [5, 5.41) is 22.6. The molecule has 1 atom stereocenters. The molecule has 9 nitrogen and oxygen atoms in total. The van der Waals surface area contributed by atoms with Gasteiger partial charge < -0.3 is 19.7 Å². The van der Waals surface area contributed by atoms with Gasteiger partial charge in [-0.2, -0.15) is 10.5 Å². The van der Waals surface area contributed by atoms with Crippen LogP contribution in [0.1, 0.15) is 61.5 Å². The Kier molecular flexibility index (Phi) is 8.53. The second-order valence-corrected chi connectivity index (χ2v) is 10.6. The number of carbonyl (C=O) groups excluding carboxylic acids is 2. The molecule has 1 aliphatic heterocycles. The number of piperidine rings is 1. The molecule has 1 saturated heterocycles. The molecule has 0 saturated carbocycles. The molecule has 1 N–H and O–H groups in total. The first-order valence-corrected chi connectivity index (χ1v) is 13.1. The molecule has 4 rings (SSSR count). The number of nitriles is 2. The predicted molar refractivity (Wildman–Crippen MR) is 150 cm³/mol. The van der Waals surface area contributed by atoms with Crippen LogP contribution in [0.5, 0.6) is 0 Å². The molecule has 0 radical (unpaired) electrons. The lowest BCUT2D eigenvalue weighted by atomic mass is 9.91. The maximum absolute atomic E-state index is 14.8. The number of halogens is 1. The number of nitrogens with zero attached hydrogens (tertiary/aromatic N) is 4. The van der Waals surface area contributed by atoms with Gasteiger partial charge in [0.1, 0.15) is 41.1 Å². The van der Waals surface area contributed by atoms with E-state index in [1.165, 1.54) is 19.2 Å². The summed E-state index contributed by atoms with van der Waals surface area (Å²) in [6.07, 6.45) is 2.82. The molecule has 41 heavy (non-hydrogen) atoms. The van der Waals surface area contributed by atoms with Crippen LogP contribution in [-0.2, 0) is 9.47 Å². The van der Waals surface area contributed by atoms with Crippen LogP contribution in [0.25, 0.3) is 22.3 Å². The average Bonchev–Trinajstić information content (AvgIpc) is 2.95. The second kappa shape index (κ2) is 12.1. The lowest BCUT2D eigenvalue weighted by molar-refractivity contribution is 0.0494. The highest BCUT2D eigenvalue weighted by Gasteiger charge is 2.31. The van der Waals surface area contributed by atoms with E-state index in [0.717, 1.165) is 12.8 Å². The van der Waals surface area contributed by atoms with Gasteiger partial charge in [0.25, 0.3) is 0 Å². The zero-order valence-corrected chi connectivity index (χ0v) is 23.3. The number of alkyl carbamates (subject to hydrolysis) is 1. The van der Waals surface area contributed by atoms with Crippen LogP contribution >= 0.6 is 0 Å². The van der Waals surface area contributed by atoms with Crippen molar-refractivity contribution in [3.8, 4) is 34.4 Å². The van der Waals surface area contributed by atoms with Crippen molar-refractivity contribution in [1.82, 2.24) is 10.3 Å². The summed E-state index contributed by atoms with van der Waals surface area (Å²) in [4.78, 5) is 31.1. The van der Waals surface area contributed by atoms with Crippen molar-refractivity contribution in [2.75, 3.05) is 18.6 Å². The van der Waals surface area contributed by atoms with E-state index in [4.69, 9.17) is 9.47 Å². The lowest BCUT2D eigenvalue weighted by Gasteiger charge is -2.38. The molecule has 1 unspecified atom stereocenters. The molecule has 1 aromatic heterocycles. The first kappa shape index (κ1) is 29.0. The van der Waals surface area contributed by atoms with Crippen LogP contribution in [0.3, 0.4) is 0 Å². The Morgan fingerprint density at radius 3 is 2.39 bits per heavy atom. The number of pyridine rings is 1. The Hall–Kier alpha value is -4.96. The van der Waals surface area contributed by atoms with Crippen LogP contribution in [0, 0.1) is 28.5 Å². The zero-order chi connectivity index (χ0) is 29.7. The number of ether oxygens (including phenoxy) is 2. The normalized spacial score (nSPS) is 14.9. The van der Waals surface area contributed by atoms with E-state index < -0.39 is 29.6 Å². The predicted octanol–water partition coefficient (Wildman–Crippen LogP) is 5.93. The van der Waals surface area contributed by atoms with Gasteiger partial charge >= 0.3 is 12.1 Å². The van der Waals surface area contributed by atoms with Crippen LogP contribution in [0.15, 0.2) is 48.7 Å². The van der Waals surface area contributed by atoms with Gasteiger partial charge in [0, 0.05) is 23.9 Å². The van der Waals surface area contributed by atoms with Gasteiger partial charge in [-0.15, -0.1) is 0 Å². The van der Waals surface area contributed by atoms with Crippen LogP contribution < -0.4 is 10.2 Å². The maximum Gasteiger partial charge on any atom is 0.409 e. The molecule has 0 spiro atoms. The minimum Gasteiger partial charge on any atom is -0.465 e. The summed E-state index contributed by atoms with van der Waals surface area (Å²) in [6, 6.07) is 14.8. The highest BCUT2D eigenvalue weighted by molar-refractivity contribution is 5.93. The van der Waals surface area contributed by atoms with Crippen LogP contribution in [0.4, 0.5) is 15.0 Å². The Morgan fingerprint density at radius 1 is 1.07 bits per heavy atom. The topological polar surface area (TPSA) is 128 Å². The number of methoxy groups -OCH3 is 1. The molecule has 0 bridgehead atoms. The first-order chi connectivity index (χ1) is 19.6. The number of anilines is 1. The Balaban J connectivity index is 1.87. The summed E-state index contributed by atoms with van der Waals surface area (Å²) in [7, 11) is 1.29. The number of esters is 1. The highest BCUT2D eigenvalue weighted by atomic mass is 19.1. The van der Waals surface area contributed by atoms with E-state index in [0.29, 0.717) is 46.6 Å². The lowest BCUT2D eigenvalue weighted by Crippen LogP contribution is -2.52. The van der Waals surface area contributed by atoms with Crippen molar-refractivity contribution in [3.63, 3.8) is 0 Å². The third kappa shape index (κ3) is 6.44. The molecule has 210 valence electrons. The van der Waals surface area contributed by atoms with Crippen molar-refractivity contribution in [2.45, 2.75) is 51.8 Å². The minimum atomic E-state index is -0.721. The molecule has 1 fully saturated rings. The Morgan fingerprint density at radius 2 is 1.78 bits per heavy atom. The van der Waals surface area contributed by atoms with Gasteiger partial charge in [0.05, 0.1) is 18.2 Å².